The van der Waals surface area contributed by atoms with Gasteiger partial charge in [0.15, 0.2) is 11.6 Å². The van der Waals surface area contributed by atoms with E-state index >= 15 is 0 Å². The van der Waals surface area contributed by atoms with Crippen molar-refractivity contribution < 1.29 is 0 Å². The van der Waals surface area contributed by atoms with Crippen molar-refractivity contribution in [1.29, 1.82) is 0 Å². The lowest BCUT2D eigenvalue weighted by Gasteiger charge is -2.19. The van der Waals surface area contributed by atoms with Gasteiger partial charge in [-0.1, -0.05) is 20.8 Å². The zero-order valence-electron chi connectivity index (χ0n) is 9.71. The van der Waals surface area contributed by atoms with Crippen LogP contribution in [0.25, 0.3) is 11.6 Å². The molecule has 7 heteroatoms. The number of aromatic nitrogens is 5. The van der Waals surface area contributed by atoms with E-state index in [1.165, 1.54) is 6.33 Å². The summed E-state index contributed by atoms with van der Waals surface area (Å²) in [5.41, 5.74) is 0.228. The van der Waals surface area contributed by atoms with Gasteiger partial charge in [0.05, 0.1) is 5.69 Å². The molecule has 2 rings (SSSR count). The van der Waals surface area contributed by atoms with Crippen molar-refractivity contribution >= 4 is 15.9 Å². The first-order valence-corrected chi connectivity index (χ1v) is 5.85. The maximum Gasteiger partial charge on any atom is 0.265 e. The van der Waals surface area contributed by atoms with Crippen molar-refractivity contribution in [1.82, 2.24) is 25.1 Å². The molecular weight excluding hydrogens is 286 g/mol. The summed E-state index contributed by atoms with van der Waals surface area (Å²) in [5.74, 6) is 0.834. The fourth-order valence-corrected chi connectivity index (χ4v) is 2.17. The van der Waals surface area contributed by atoms with Gasteiger partial charge in [0.25, 0.3) is 5.56 Å². The third kappa shape index (κ3) is 2.28. The molecule has 17 heavy (non-hydrogen) atoms. The van der Waals surface area contributed by atoms with Crippen molar-refractivity contribution in [2.75, 3.05) is 0 Å². The van der Waals surface area contributed by atoms with Crippen LogP contribution in [0.4, 0.5) is 0 Å². The predicted molar refractivity (Wildman–Crippen MR) is 66.6 cm³/mol. The lowest BCUT2D eigenvalue weighted by atomic mass is 9.92. The molecule has 0 fully saturated rings. The molecule has 0 aromatic carbocycles. The summed E-state index contributed by atoms with van der Waals surface area (Å²) < 4.78 is 0.452. The van der Waals surface area contributed by atoms with Gasteiger partial charge in [-0.05, 0) is 15.9 Å². The Hall–Kier alpha value is -1.50. The average Bonchev–Trinajstić information content (AvgIpc) is 2.73. The molecule has 2 N–H and O–H groups in total. The summed E-state index contributed by atoms with van der Waals surface area (Å²) in [6.45, 7) is 5.97. The quantitative estimate of drug-likeness (QED) is 0.837. The van der Waals surface area contributed by atoms with Crippen LogP contribution in [-0.2, 0) is 5.41 Å². The Morgan fingerprint density at radius 2 is 2.00 bits per heavy atom. The first kappa shape index (κ1) is 12.0. The van der Waals surface area contributed by atoms with Gasteiger partial charge in [0.2, 0.25) is 0 Å². The van der Waals surface area contributed by atoms with Crippen molar-refractivity contribution in [3.63, 3.8) is 0 Å². The van der Waals surface area contributed by atoms with Crippen molar-refractivity contribution in [2.45, 2.75) is 26.2 Å². The highest BCUT2D eigenvalue weighted by atomic mass is 79.9. The zero-order chi connectivity index (χ0) is 12.6. The first-order chi connectivity index (χ1) is 7.89. The first-order valence-electron chi connectivity index (χ1n) is 5.05. The lowest BCUT2D eigenvalue weighted by Crippen LogP contribution is -2.22. The van der Waals surface area contributed by atoms with E-state index in [0.29, 0.717) is 21.8 Å². The van der Waals surface area contributed by atoms with E-state index in [1.807, 2.05) is 20.8 Å². The highest BCUT2D eigenvalue weighted by molar-refractivity contribution is 9.10. The number of H-pyrrole nitrogens is 2. The molecule has 6 nitrogen and oxygen atoms in total. The van der Waals surface area contributed by atoms with Crippen LogP contribution in [0.15, 0.2) is 15.6 Å². The number of hydrogen-bond donors (Lipinski definition) is 2. The second-order valence-electron chi connectivity index (χ2n) is 4.66. The van der Waals surface area contributed by atoms with Gasteiger partial charge in [-0.3, -0.25) is 9.89 Å². The molecule has 2 aromatic heterocycles. The molecule has 0 aliphatic heterocycles. The van der Waals surface area contributed by atoms with E-state index in [4.69, 9.17) is 0 Å². The number of nitrogens with zero attached hydrogens (tertiary/aromatic N) is 3. The molecule has 2 heterocycles. The van der Waals surface area contributed by atoms with Gasteiger partial charge in [0, 0.05) is 5.41 Å². The van der Waals surface area contributed by atoms with Gasteiger partial charge in [-0.15, -0.1) is 0 Å². The Morgan fingerprint density at radius 3 is 2.53 bits per heavy atom. The van der Waals surface area contributed by atoms with Crippen LogP contribution in [0.5, 0.6) is 0 Å². The molecule has 0 saturated heterocycles. The Bertz CT molecular complexity index is 582. The molecule has 0 spiro atoms. The van der Waals surface area contributed by atoms with Crippen LogP contribution >= 0.6 is 15.9 Å². The Kier molecular flexibility index (Phi) is 2.86. The summed E-state index contributed by atoms with van der Waals surface area (Å²) in [6.07, 6.45) is 1.37. The summed E-state index contributed by atoms with van der Waals surface area (Å²) in [5, 5.41) is 6.40. The number of rotatable bonds is 1. The topological polar surface area (TPSA) is 87.3 Å². The fraction of sp³-hybridized carbons (Fsp3) is 0.400. The van der Waals surface area contributed by atoms with Crippen molar-refractivity contribution in [3.05, 3.63) is 26.8 Å². The molecule has 0 aliphatic rings. The second kappa shape index (κ2) is 4.06. The van der Waals surface area contributed by atoms with Crippen LogP contribution in [0.1, 0.15) is 26.5 Å². The van der Waals surface area contributed by atoms with E-state index in [-0.39, 0.29) is 11.0 Å². The third-order valence-electron chi connectivity index (χ3n) is 2.21. The summed E-state index contributed by atoms with van der Waals surface area (Å²) in [7, 11) is 0. The molecule has 0 saturated carbocycles. The predicted octanol–water partition coefficient (Wildman–Crippen LogP) is 1.61. The zero-order valence-corrected chi connectivity index (χ0v) is 11.3. The molecular formula is C10H12BrN5O. The Labute approximate surface area is 106 Å². The smallest absolute Gasteiger partial charge is 0.265 e. The monoisotopic (exact) mass is 297 g/mol. The summed E-state index contributed by atoms with van der Waals surface area (Å²) >= 11 is 3.26. The molecule has 90 valence electrons. The van der Waals surface area contributed by atoms with Crippen LogP contribution in [0.2, 0.25) is 0 Å². The minimum atomic E-state index is -0.234. The normalized spacial score (nSPS) is 11.8. The van der Waals surface area contributed by atoms with Crippen LogP contribution < -0.4 is 5.56 Å². The highest BCUT2D eigenvalue weighted by Crippen LogP contribution is 2.26. The van der Waals surface area contributed by atoms with Crippen LogP contribution in [0.3, 0.4) is 0 Å². The SMILES string of the molecule is CC(C)(C)c1nc(-c2ncn[nH]2)[nH]c(=O)c1Br. The maximum atomic E-state index is 11.8. The van der Waals surface area contributed by atoms with Gasteiger partial charge < -0.3 is 4.98 Å². The summed E-state index contributed by atoms with van der Waals surface area (Å²) in [4.78, 5) is 22.8. The molecule has 2 aromatic rings. The number of hydrogen-bond acceptors (Lipinski definition) is 4. The minimum absolute atomic E-state index is 0.226. The van der Waals surface area contributed by atoms with Crippen molar-refractivity contribution in [3.8, 4) is 11.6 Å². The minimum Gasteiger partial charge on any atom is -0.303 e. The highest BCUT2D eigenvalue weighted by Gasteiger charge is 2.22. The van der Waals surface area contributed by atoms with E-state index in [0.717, 1.165) is 0 Å². The largest absolute Gasteiger partial charge is 0.303 e. The molecule has 0 aliphatic carbocycles. The lowest BCUT2D eigenvalue weighted by molar-refractivity contribution is 0.562. The van der Waals surface area contributed by atoms with Gasteiger partial charge >= 0.3 is 0 Å². The number of halogens is 1. The van der Waals surface area contributed by atoms with E-state index in [2.05, 4.69) is 41.1 Å². The standard InChI is InChI=1S/C10H12BrN5O/c1-10(2,3)6-5(11)9(17)15-8(14-6)7-12-4-13-16-7/h4H,1-3H3,(H,12,13,16)(H,14,15,17). The molecule has 0 bridgehead atoms. The van der Waals surface area contributed by atoms with E-state index in [9.17, 15) is 4.79 Å². The third-order valence-corrected chi connectivity index (χ3v) is 2.95. The second-order valence-corrected chi connectivity index (χ2v) is 5.45. The fourth-order valence-electron chi connectivity index (χ4n) is 1.39. The van der Waals surface area contributed by atoms with E-state index < -0.39 is 0 Å². The van der Waals surface area contributed by atoms with Crippen molar-refractivity contribution in [2.24, 2.45) is 0 Å². The van der Waals surface area contributed by atoms with Crippen LogP contribution in [-0.4, -0.2) is 25.1 Å². The molecule has 0 radical (unpaired) electrons. The van der Waals surface area contributed by atoms with Gasteiger partial charge in [0.1, 0.15) is 10.8 Å². The molecule has 0 unspecified atom stereocenters. The molecule has 0 atom stereocenters. The average molecular weight is 298 g/mol. The summed E-state index contributed by atoms with van der Waals surface area (Å²) in [6, 6.07) is 0. The molecule has 0 amide bonds. The maximum absolute atomic E-state index is 11.8. The van der Waals surface area contributed by atoms with Gasteiger partial charge in [-0.25, -0.2) is 9.97 Å². The number of nitrogens with one attached hydrogen (secondary N) is 2. The van der Waals surface area contributed by atoms with Crippen LogP contribution in [0, 0.1) is 0 Å². The van der Waals surface area contributed by atoms with Gasteiger partial charge in [-0.2, -0.15) is 5.10 Å². The Morgan fingerprint density at radius 1 is 1.29 bits per heavy atom. The number of aromatic amines is 2. The van der Waals surface area contributed by atoms with E-state index in [1.54, 1.807) is 0 Å². The Balaban J connectivity index is 2.67.